The van der Waals surface area contributed by atoms with Gasteiger partial charge in [0.25, 0.3) is 6.04 Å². The molecule has 0 bridgehead atoms. The van der Waals surface area contributed by atoms with Gasteiger partial charge < -0.3 is 5.11 Å². The number of carbonyl (C=O) groups is 1. The second-order valence-electron chi connectivity index (χ2n) is 3.03. The molecule has 1 N–H and O–H groups in total. The molecular weight excluding hydrogens is 346 g/mol. The number of benzene rings is 1. The lowest BCUT2D eigenvalue weighted by atomic mass is 10.0. The van der Waals surface area contributed by atoms with Crippen molar-refractivity contribution >= 4 is 37.8 Å². The molecule has 0 aromatic heterocycles. The van der Waals surface area contributed by atoms with Crippen molar-refractivity contribution in [2.45, 2.75) is 9.28 Å². The highest BCUT2D eigenvalue weighted by Gasteiger charge is 2.50. The van der Waals surface area contributed by atoms with E-state index >= 15 is 0 Å². The molecule has 7 heteroatoms. The minimum Gasteiger partial charge on any atom is -0.479 e. The highest BCUT2D eigenvalue weighted by Crippen LogP contribution is 2.41. The molecule has 0 aliphatic rings. The largest absolute Gasteiger partial charge is 0.479 e. The Morgan fingerprint density at radius 1 is 1.38 bits per heavy atom. The van der Waals surface area contributed by atoms with Crippen molar-refractivity contribution in [1.82, 2.24) is 0 Å². The summed E-state index contributed by atoms with van der Waals surface area (Å²) in [5, 5.41) is 19.9. The van der Waals surface area contributed by atoms with E-state index in [1.165, 1.54) is 12.1 Å². The first-order valence-corrected chi connectivity index (χ1v) is 5.75. The number of hydrogen-bond acceptors (Lipinski definition) is 3. The van der Waals surface area contributed by atoms with E-state index in [2.05, 4.69) is 31.9 Å². The standard InChI is InChI=1S/C9H7Br2NO4/c10-9(11,8(13)14)7(12(15)16)6-4-2-1-3-5-6/h1-5,7H,(H,13,14). The number of nitro groups is 1. The van der Waals surface area contributed by atoms with E-state index in [1.807, 2.05) is 0 Å². The van der Waals surface area contributed by atoms with Crippen LogP contribution in [0.5, 0.6) is 0 Å². The Morgan fingerprint density at radius 2 is 1.88 bits per heavy atom. The van der Waals surface area contributed by atoms with Crippen LogP contribution in [0.2, 0.25) is 0 Å². The smallest absolute Gasteiger partial charge is 0.339 e. The van der Waals surface area contributed by atoms with Crippen molar-refractivity contribution in [3.05, 3.63) is 46.0 Å². The number of hydrogen-bond donors (Lipinski definition) is 1. The number of alkyl halides is 2. The molecular formula is C9H7Br2NO4. The molecule has 0 radical (unpaired) electrons. The Balaban J connectivity index is 3.21. The lowest BCUT2D eigenvalue weighted by Gasteiger charge is -2.19. The summed E-state index contributed by atoms with van der Waals surface area (Å²) in [4.78, 5) is 21.2. The Labute approximate surface area is 108 Å². The first-order valence-electron chi connectivity index (χ1n) is 4.17. The minimum absolute atomic E-state index is 0.309. The van der Waals surface area contributed by atoms with Crippen molar-refractivity contribution in [1.29, 1.82) is 0 Å². The summed E-state index contributed by atoms with van der Waals surface area (Å²) in [6.07, 6.45) is 0. The zero-order valence-electron chi connectivity index (χ0n) is 7.84. The summed E-state index contributed by atoms with van der Waals surface area (Å²) in [6.45, 7) is 0. The highest BCUT2D eigenvalue weighted by atomic mass is 79.9. The molecule has 0 aliphatic carbocycles. The predicted molar refractivity (Wildman–Crippen MR) is 64.4 cm³/mol. The molecule has 1 aromatic carbocycles. The summed E-state index contributed by atoms with van der Waals surface area (Å²) >= 11 is 5.65. The van der Waals surface area contributed by atoms with E-state index in [9.17, 15) is 14.9 Å². The molecule has 1 unspecified atom stereocenters. The van der Waals surface area contributed by atoms with Crippen molar-refractivity contribution in [3.8, 4) is 0 Å². The monoisotopic (exact) mass is 351 g/mol. The number of carboxylic acid groups (broad SMARTS) is 1. The van der Waals surface area contributed by atoms with Gasteiger partial charge in [-0.1, -0.05) is 62.2 Å². The van der Waals surface area contributed by atoms with Crippen LogP contribution in [0, 0.1) is 10.1 Å². The number of nitrogens with zero attached hydrogens (tertiary/aromatic N) is 1. The zero-order valence-corrected chi connectivity index (χ0v) is 11.0. The number of carboxylic acids is 1. The van der Waals surface area contributed by atoms with Gasteiger partial charge in [0.2, 0.25) is 3.23 Å². The fourth-order valence-electron chi connectivity index (χ4n) is 1.22. The van der Waals surface area contributed by atoms with Crippen LogP contribution in [0.4, 0.5) is 0 Å². The van der Waals surface area contributed by atoms with Gasteiger partial charge in [0.05, 0.1) is 0 Å². The van der Waals surface area contributed by atoms with Crippen LogP contribution in [0.3, 0.4) is 0 Å². The van der Waals surface area contributed by atoms with Crippen LogP contribution >= 0.6 is 31.9 Å². The Hall–Kier alpha value is -0.950. The van der Waals surface area contributed by atoms with Gasteiger partial charge >= 0.3 is 5.97 Å². The fraction of sp³-hybridized carbons (Fsp3) is 0.222. The molecule has 0 heterocycles. The molecule has 0 fully saturated rings. The highest BCUT2D eigenvalue weighted by molar-refractivity contribution is 9.26. The van der Waals surface area contributed by atoms with E-state index in [1.54, 1.807) is 18.2 Å². The molecule has 1 aromatic rings. The van der Waals surface area contributed by atoms with Crippen LogP contribution < -0.4 is 0 Å². The molecule has 5 nitrogen and oxygen atoms in total. The number of halogens is 2. The van der Waals surface area contributed by atoms with Crippen molar-refractivity contribution < 1.29 is 14.8 Å². The van der Waals surface area contributed by atoms with E-state index in [-0.39, 0.29) is 0 Å². The molecule has 1 atom stereocenters. The van der Waals surface area contributed by atoms with Gasteiger partial charge in [0.15, 0.2) is 0 Å². The van der Waals surface area contributed by atoms with Gasteiger partial charge in [-0.3, -0.25) is 10.1 Å². The topological polar surface area (TPSA) is 80.4 Å². The van der Waals surface area contributed by atoms with Crippen molar-refractivity contribution in [3.63, 3.8) is 0 Å². The summed E-state index contributed by atoms with van der Waals surface area (Å²) in [5.74, 6) is -1.35. The van der Waals surface area contributed by atoms with Gasteiger partial charge in [-0.05, 0) is 0 Å². The average molecular weight is 353 g/mol. The minimum atomic E-state index is -1.81. The van der Waals surface area contributed by atoms with Crippen LogP contribution in [-0.2, 0) is 4.79 Å². The third kappa shape index (κ3) is 2.59. The normalized spacial score (nSPS) is 13.1. The van der Waals surface area contributed by atoms with Gasteiger partial charge in [-0.2, -0.15) is 0 Å². The summed E-state index contributed by atoms with van der Waals surface area (Å²) < 4.78 is -1.81. The van der Waals surface area contributed by atoms with Crippen LogP contribution in [0.25, 0.3) is 0 Å². The maximum atomic E-state index is 10.9. The summed E-state index contributed by atoms with van der Waals surface area (Å²) in [7, 11) is 0. The Morgan fingerprint density at radius 3 is 2.25 bits per heavy atom. The van der Waals surface area contributed by atoms with E-state index in [0.717, 1.165) is 0 Å². The second-order valence-corrected chi connectivity index (χ2v) is 6.59. The SMILES string of the molecule is O=C(O)C(Br)(Br)C(c1ccccc1)[N+](=O)[O-]. The van der Waals surface area contributed by atoms with E-state index in [0.29, 0.717) is 5.56 Å². The van der Waals surface area contributed by atoms with Gasteiger partial charge in [-0.15, -0.1) is 0 Å². The van der Waals surface area contributed by atoms with E-state index < -0.39 is 20.2 Å². The van der Waals surface area contributed by atoms with Crippen LogP contribution in [-0.4, -0.2) is 19.2 Å². The molecule has 0 saturated heterocycles. The van der Waals surface area contributed by atoms with Crippen molar-refractivity contribution in [2.75, 3.05) is 0 Å². The molecule has 86 valence electrons. The third-order valence-electron chi connectivity index (χ3n) is 1.95. The lowest BCUT2D eigenvalue weighted by molar-refractivity contribution is -0.527. The fourth-order valence-corrected chi connectivity index (χ4v) is 2.08. The lowest BCUT2D eigenvalue weighted by Crippen LogP contribution is -2.36. The second kappa shape index (κ2) is 4.92. The van der Waals surface area contributed by atoms with Gasteiger partial charge in [0.1, 0.15) is 0 Å². The molecule has 1 rings (SSSR count). The van der Waals surface area contributed by atoms with Crippen molar-refractivity contribution in [2.24, 2.45) is 0 Å². The predicted octanol–water partition coefficient (Wildman–Crippen LogP) is 2.58. The Kier molecular flexibility index (Phi) is 4.03. The first kappa shape index (κ1) is 13.1. The maximum Gasteiger partial charge on any atom is 0.339 e. The molecule has 0 aliphatic heterocycles. The summed E-state index contributed by atoms with van der Waals surface area (Å²) in [6, 6.07) is 6.53. The molecule has 16 heavy (non-hydrogen) atoms. The third-order valence-corrected chi connectivity index (χ3v) is 3.50. The number of rotatable bonds is 4. The summed E-state index contributed by atoms with van der Waals surface area (Å²) in [5.41, 5.74) is 0.309. The molecule has 0 saturated carbocycles. The zero-order chi connectivity index (χ0) is 12.3. The Bertz CT molecular complexity index is 407. The van der Waals surface area contributed by atoms with Gasteiger partial charge in [-0.25, -0.2) is 4.79 Å². The quantitative estimate of drug-likeness (QED) is 0.513. The molecule has 0 spiro atoms. The van der Waals surface area contributed by atoms with E-state index in [4.69, 9.17) is 5.11 Å². The van der Waals surface area contributed by atoms with Crippen LogP contribution in [0.15, 0.2) is 30.3 Å². The molecule has 0 amide bonds. The van der Waals surface area contributed by atoms with Crippen LogP contribution in [0.1, 0.15) is 11.6 Å². The number of aliphatic carboxylic acids is 1. The van der Waals surface area contributed by atoms with Gasteiger partial charge in [0, 0.05) is 10.5 Å². The maximum absolute atomic E-state index is 10.9. The average Bonchev–Trinajstić information content (AvgIpc) is 2.18. The first-order chi connectivity index (χ1) is 7.37.